The zero-order valence-corrected chi connectivity index (χ0v) is 11.8. The van der Waals surface area contributed by atoms with Crippen molar-refractivity contribution in [3.8, 4) is 0 Å². The molecule has 1 heterocycles. The third-order valence-electron chi connectivity index (χ3n) is 3.79. The van der Waals surface area contributed by atoms with E-state index in [1.165, 1.54) is 0 Å². The van der Waals surface area contributed by atoms with Gasteiger partial charge in [0.05, 0.1) is 4.92 Å². The van der Waals surface area contributed by atoms with Gasteiger partial charge in [-0.3, -0.25) is 14.9 Å². The second-order valence-corrected chi connectivity index (χ2v) is 5.38. The van der Waals surface area contributed by atoms with Crippen molar-refractivity contribution in [3.05, 3.63) is 39.7 Å². The van der Waals surface area contributed by atoms with Gasteiger partial charge in [0.15, 0.2) is 0 Å². The van der Waals surface area contributed by atoms with Crippen molar-refractivity contribution in [2.24, 2.45) is 5.92 Å². The normalized spacial score (nSPS) is 16.7. The molecule has 0 radical (unpaired) electrons. The molecule has 1 aliphatic rings. The smallest absolute Gasteiger partial charge is 0.282 e. The van der Waals surface area contributed by atoms with Crippen LogP contribution in [-0.4, -0.2) is 42.4 Å². The number of benzene rings is 1. The Morgan fingerprint density at radius 3 is 2.76 bits per heavy atom. The van der Waals surface area contributed by atoms with Gasteiger partial charge in [-0.15, -0.1) is 0 Å². The quantitative estimate of drug-likeness (QED) is 0.679. The van der Waals surface area contributed by atoms with Gasteiger partial charge in [-0.25, -0.2) is 4.39 Å². The van der Waals surface area contributed by atoms with Crippen molar-refractivity contribution < 1.29 is 14.1 Å². The molecule has 1 amide bonds. The number of hydrogen-bond acceptors (Lipinski definition) is 4. The van der Waals surface area contributed by atoms with E-state index in [0.717, 1.165) is 44.1 Å². The van der Waals surface area contributed by atoms with Crippen LogP contribution in [0, 0.1) is 21.8 Å². The molecule has 1 N–H and O–H groups in total. The molecule has 1 fully saturated rings. The Bertz CT molecular complexity index is 542. The van der Waals surface area contributed by atoms with E-state index in [2.05, 4.69) is 10.2 Å². The number of amides is 1. The Hall–Kier alpha value is -2.02. The van der Waals surface area contributed by atoms with Crippen molar-refractivity contribution in [2.45, 2.75) is 12.8 Å². The summed E-state index contributed by atoms with van der Waals surface area (Å²) in [7, 11) is 2.05. The van der Waals surface area contributed by atoms with Crippen LogP contribution in [0.2, 0.25) is 0 Å². The first kappa shape index (κ1) is 15.4. The third kappa shape index (κ3) is 3.98. The van der Waals surface area contributed by atoms with Gasteiger partial charge in [-0.1, -0.05) is 0 Å². The van der Waals surface area contributed by atoms with Gasteiger partial charge in [0.1, 0.15) is 11.4 Å². The van der Waals surface area contributed by atoms with E-state index in [1.54, 1.807) is 0 Å². The monoisotopic (exact) mass is 295 g/mol. The molecule has 6 nitrogen and oxygen atoms in total. The van der Waals surface area contributed by atoms with Crippen LogP contribution in [0.15, 0.2) is 18.2 Å². The molecule has 1 aromatic carbocycles. The Morgan fingerprint density at radius 2 is 2.14 bits per heavy atom. The van der Waals surface area contributed by atoms with Crippen LogP contribution in [-0.2, 0) is 0 Å². The van der Waals surface area contributed by atoms with Gasteiger partial charge in [0.2, 0.25) is 0 Å². The number of carbonyl (C=O) groups is 1. The van der Waals surface area contributed by atoms with Crippen LogP contribution in [0.25, 0.3) is 0 Å². The first-order valence-corrected chi connectivity index (χ1v) is 6.88. The molecule has 0 bridgehead atoms. The highest BCUT2D eigenvalue weighted by molar-refractivity contribution is 5.98. The summed E-state index contributed by atoms with van der Waals surface area (Å²) < 4.78 is 13.2. The van der Waals surface area contributed by atoms with Gasteiger partial charge in [-0.05, 0) is 51.0 Å². The van der Waals surface area contributed by atoms with Crippen LogP contribution in [0.1, 0.15) is 23.2 Å². The van der Waals surface area contributed by atoms with E-state index < -0.39 is 16.6 Å². The third-order valence-corrected chi connectivity index (χ3v) is 3.79. The minimum absolute atomic E-state index is 0.229. The van der Waals surface area contributed by atoms with Gasteiger partial charge in [0.25, 0.3) is 11.6 Å². The molecule has 114 valence electrons. The number of piperidine rings is 1. The number of nitro groups is 1. The number of nitrogens with zero attached hydrogens (tertiary/aromatic N) is 2. The minimum Gasteiger partial charge on any atom is -0.352 e. The second-order valence-electron chi connectivity index (χ2n) is 5.38. The van der Waals surface area contributed by atoms with Crippen molar-refractivity contribution in [1.82, 2.24) is 10.2 Å². The lowest BCUT2D eigenvalue weighted by Crippen LogP contribution is -2.37. The average Bonchev–Trinajstić information content (AvgIpc) is 2.46. The molecule has 0 aromatic heterocycles. The van der Waals surface area contributed by atoms with Crippen molar-refractivity contribution >= 4 is 11.6 Å². The first-order chi connectivity index (χ1) is 9.97. The van der Waals surface area contributed by atoms with Crippen molar-refractivity contribution in [3.63, 3.8) is 0 Å². The minimum atomic E-state index is -0.677. The number of halogens is 1. The molecule has 0 spiro atoms. The topological polar surface area (TPSA) is 75.5 Å². The van der Waals surface area contributed by atoms with Crippen molar-refractivity contribution in [1.29, 1.82) is 0 Å². The molecule has 1 aliphatic heterocycles. The molecule has 0 aliphatic carbocycles. The maximum Gasteiger partial charge on any atom is 0.282 e. The van der Waals surface area contributed by atoms with Gasteiger partial charge < -0.3 is 10.2 Å². The molecule has 0 saturated carbocycles. The summed E-state index contributed by atoms with van der Waals surface area (Å²) in [5.41, 5.74) is -0.606. The fourth-order valence-corrected chi connectivity index (χ4v) is 2.45. The Labute approximate surface area is 122 Å². The number of nitrogens with one attached hydrogen (secondary N) is 1. The maximum absolute atomic E-state index is 13.2. The predicted octanol–water partition coefficient (Wildman–Crippen LogP) is 1.81. The molecular weight excluding hydrogens is 277 g/mol. The molecule has 0 atom stereocenters. The fraction of sp³-hybridized carbons (Fsp3) is 0.500. The zero-order chi connectivity index (χ0) is 15.4. The summed E-state index contributed by atoms with van der Waals surface area (Å²) in [4.78, 5) is 24.5. The highest BCUT2D eigenvalue weighted by atomic mass is 19.1. The molecule has 7 heteroatoms. The summed E-state index contributed by atoms with van der Waals surface area (Å²) in [5.74, 6) is -0.900. The molecule has 2 rings (SSSR count). The molecular formula is C14H18FN3O3. The maximum atomic E-state index is 13.2. The fourth-order valence-electron chi connectivity index (χ4n) is 2.45. The molecule has 1 saturated heterocycles. The Kier molecular flexibility index (Phi) is 4.85. The van der Waals surface area contributed by atoms with Gasteiger partial charge >= 0.3 is 0 Å². The summed E-state index contributed by atoms with van der Waals surface area (Å²) in [6.07, 6.45) is 1.95. The van der Waals surface area contributed by atoms with Crippen LogP contribution < -0.4 is 5.32 Å². The summed E-state index contributed by atoms with van der Waals surface area (Å²) in [6.45, 7) is 2.40. The Balaban J connectivity index is 2.00. The van der Waals surface area contributed by atoms with E-state index in [-0.39, 0.29) is 11.3 Å². The van der Waals surface area contributed by atoms with Crippen molar-refractivity contribution in [2.75, 3.05) is 26.7 Å². The standard InChI is InChI=1S/C14H18FN3O3/c1-17-6-4-10(5-7-17)9-16-14(19)12-8-11(15)2-3-13(12)18(20)21/h2-3,8,10H,4-7,9H2,1H3,(H,16,19). The highest BCUT2D eigenvalue weighted by Crippen LogP contribution is 2.20. The highest BCUT2D eigenvalue weighted by Gasteiger charge is 2.22. The van der Waals surface area contributed by atoms with E-state index in [1.807, 2.05) is 7.05 Å². The second kappa shape index (κ2) is 6.62. The molecule has 21 heavy (non-hydrogen) atoms. The number of nitro benzene ring substituents is 1. The van der Waals surface area contributed by atoms with Gasteiger partial charge in [-0.2, -0.15) is 0 Å². The van der Waals surface area contributed by atoms with E-state index in [4.69, 9.17) is 0 Å². The van der Waals surface area contributed by atoms with E-state index in [0.29, 0.717) is 12.5 Å². The largest absolute Gasteiger partial charge is 0.352 e. The van der Waals surface area contributed by atoms with E-state index in [9.17, 15) is 19.3 Å². The number of carbonyl (C=O) groups excluding carboxylic acids is 1. The lowest BCUT2D eigenvalue weighted by Gasteiger charge is -2.28. The first-order valence-electron chi connectivity index (χ1n) is 6.88. The van der Waals surface area contributed by atoms with Crippen LogP contribution >= 0.6 is 0 Å². The van der Waals surface area contributed by atoms with Crippen LogP contribution in [0.5, 0.6) is 0 Å². The van der Waals surface area contributed by atoms with Crippen LogP contribution in [0.3, 0.4) is 0 Å². The summed E-state index contributed by atoms with van der Waals surface area (Å²) in [6, 6.07) is 2.90. The summed E-state index contributed by atoms with van der Waals surface area (Å²) in [5, 5.41) is 13.6. The predicted molar refractivity (Wildman–Crippen MR) is 75.6 cm³/mol. The molecule has 1 aromatic rings. The lowest BCUT2D eigenvalue weighted by atomic mass is 9.97. The average molecular weight is 295 g/mol. The number of likely N-dealkylation sites (tertiary alicyclic amines) is 1. The molecule has 0 unspecified atom stereocenters. The Morgan fingerprint density at radius 1 is 1.48 bits per heavy atom. The number of rotatable bonds is 4. The van der Waals surface area contributed by atoms with E-state index >= 15 is 0 Å². The van der Waals surface area contributed by atoms with Crippen LogP contribution in [0.4, 0.5) is 10.1 Å². The number of hydrogen-bond donors (Lipinski definition) is 1. The summed E-state index contributed by atoms with van der Waals surface area (Å²) >= 11 is 0. The zero-order valence-electron chi connectivity index (χ0n) is 11.8. The van der Waals surface area contributed by atoms with Gasteiger partial charge in [0, 0.05) is 12.6 Å². The lowest BCUT2D eigenvalue weighted by molar-refractivity contribution is -0.385. The SMILES string of the molecule is CN1CCC(CNC(=O)c2cc(F)ccc2[N+](=O)[O-])CC1.